The summed E-state index contributed by atoms with van der Waals surface area (Å²) >= 11 is 0. The van der Waals surface area contributed by atoms with E-state index in [9.17, 15) is 45.6 Å². The third-order valence-electron chi connectivity index (χ3n) is 6.20. The van der Waals surface area contributed by atoms with Crippen molar-refractivity contribution in [3.05, 3.63) is 23.8 Å². The van der Waals surface area contributed by atoms with Gasteiger partial charge in [-0.15, -0.1) is 0 Å². The quantitative estimate of drug-likeness (QED) is 0.105. The number of rotatable bonds is 10. The molecule has 0 aromatic heterocycles. The van der Waals surface area contributed by atoms with Crippen molar-refractivity contribution in [3.8, 4) is 17.2 Å². The standard InChI is InChI=1S/C23H32O15/c1-33-11-5-10(6-12(34-2)16(11)28)3-4-15(27)36-21-18(30)14(8-25)37-23(21,9-26)38-22-20(32)19(31)17(29)13(7-24)35-22/h3-6,13-14,17-22,24-26,28-32H,7-9H2,1-2H3/t13-,14-,17-,18-,19+,20-,21+,22-,23+/m1/s1. The number of carbonyl (C=O) groups is 1. The zero-order chi connectivity index (χ0) is 28.2. The normalized spacial score (nSPS) is 35.4. The first-order valence-corrected chi connectivity index (χ1v) is 11.4. The summed E-state index contributed by atoms with van der Waals surface area (Å²) in [5.41, 5.74) is 0.357. The summed E-state index contributed by atoms with van der Waals surface area (Å²) in [6.45, 7) is -2.63. The lowest BCUT2D eigenvalue weighted by Gasteiger charge is -2.43. The van der Waals surface area contributed by atoms with Crippen LogP contribution in [0.4, 0.5) is 0 Å². The number of phenols is 1. The van der Waals surface area contributed by atoms with Crippen molar-refractivity contribution in [1.29, 1.82) is 0 Å². The van der Waals surface area contributed by atoms with Crippen LogP contribution in [0.1, 0.15) is 5.56 Å². The van der Waals surface area contributed by atoms with E-state index in [0.717, 1.165) is 6.08 Å². The molecule has 8 N–H and O–H groups in total. The molecule has 0 radical (unpaired) electrons. The van der Waals surface area contributed by atoms with E-state index < -0.39 is 80.6 Å². The molecule has 0 aliphatic carbocycles. The Hall–Kier alpha value is -2.57. The van der Waals surface area contributed by atoms with Gasteiger partial charge in [0.05, 0.1) is 27.4 Å². The van der Waals surface area contributed by atoms with Crippen molar-refractivity contribution in [3.63, 3.8) is 0 Å². The molecule has 2 fully saturated rings. The molecule has 0 bridgehead atoms. The van der Waals surface area contributed by atoms with Gasteiger partial charge in [-0.1, -0.05) is 0 Å². The van der Waals surface area contributed by atoms with Gasteiger partial charge >= 0.3 is 5.97 Å². The van der Waals surface area contributed by atoms with Crippen molar-refractivity contribution in [1.82, 2.24) is 0 Å². The first-order valence-electron chi connectivity index (χ1n) is 11.4. The fourth-order valence-corrected chi connectivity index (χ4v) is 4.11. The largest absolute Gasteiger partial charge is 0.502 e. The third kappa shape index (κ3) is 5.86. The molecule has 214 valence electrons. The monoisotopic (exact) mass is 548 g/mol. The Balaban J connectivity index is 1.84. The molecule has 38 heavy (non-hydrogen) atoms. The fourth-order valence-electron chi connectivity index (χ4n) is 4.11. The molecule has 2 saturated heterocycles. The van der Waals surface area contributed by atoms with Crippen LogP contribution in [0.15, 0.2) is 18.2 Å². The molecule has 0 saturated carbocycles. The van der Waals surface area contributed by atoms with Gasteiger partial charge in [-0.3, -0.25) is 0 Å². The van der Waals surface area contributed by atoms with Crippen LogP contribution in [0.2, 0.25) is 0 Å². The fraction of sp³-hybridized carbons (Fsp3) is 0.609. The zero-order valence-electron chi connectivity index (χ0n) is 20.5. The number of aromatic hydroxyl groups is 1. The predicted molar refractivity (Wildman–Crippen MR) is 123 cm³/mol. The first kappa shape index (κ1) is 30.0. The summed E-state index contributed by atoms with van der Waals surface area (Å²) in [6, 6.07) is 2.80. The lowest BCUT2D eigenvalue weighted by atomic mass is 9.99. The summed E-state index contributed by atoms with van der Waals surface area (Å²) < 4.78 is 31.7. The number of hydrogen-bond donors (Lipinski definition) is 8. The van der Waals surface area contributed by atoms with E-state index in [4.69, 9.17) is 28.4 Å². The summed E-state index contributed by atoms with van der Waals surface area (Å²) in [5.74, 6) is -3.58. The highest BCUT2D eigenvalue weighted by Gasteiger charge is 2.60. The van der Waals surface area contributed by atoms with Crippen molar-refractivity contribution in [2.24, 2.45) is 0 Å². The first-order chi connectivity index (χ1) is 18.0. The van der Waals surface area contributed by atoms with Crippen molar-refractivity contribution >= 4 is 12.0 Å². The maximum atomic E-state index is 12.7. The van der Waals surface area contributed by atoms with Crippen LogP contribution in [-0.2, 0) is 23.7 Å². The molecule has 0 amide bonds. The van der Waals surface area contributed by atoms with Crippen molar-refractivity contribution < 1.29 is 74.1 Å². The average Bonchev–Trinajstić information content (AvgIpc) is 3.18. The number of hydrogen-bond acceptors (Lipinski definition) is 15. The molecule has 1 aromatic rings. The lowest BCUT2D eigenvalue weighted by molar-refractivity contribution is -0.383. The number of carbonyl (C=O) groups excluding carboxylic acids is 1. The van der Waals surface area contributed by atoms with Crippen molar-refractivity contribution in [2.45, 2.75) is 54.8 Å². The van der Waals surface area contributed by atoms with Crippen LogP contribution in [0.25, 0.3) is 6.08 Å². The zero-order valence-corrected chi connectivity index (χ0v) is 20.5. The smallest absolute Gasteiger partial charge is 0.331 e. The Bertz CT molecular complexity index is 959. The molecule has 0 unspecified atom stereocenters. The SMILES string of the molecule is COc1cc(C=CC(=O)O[C@H]2[C@H](O)[C@@H](CO)O[C@@]2(CO)O[C@H]2O[C@H](CO)[C@@H](O)[C@H](O)[C@H]2O)cc(OC)c1O. The Morgan fingerprint density at radius 3 is 2.08 bits per heavy atom. The number of esters is 1. The van der Waals surface area contributed by atoms with Crippen LogP contribution in [-0.4, -0.2) is 136 Å². The summed E-state index contributed by atoms with van der Waals surface area (Å²) in [5, 5.41) is 80.1. The van der Waals surface area contributed by atoms with Crippen LogP contribution in [0.3, 0.4) is 0 Å². The van der Waals surface area contributed by atoms with Gasteiger partial charge < -0.3 is 69.3 Å². The van der Waals surface area contributed by atoms with Gasteiger partial charge in [0.2, 0.25) is 11.5 Å². The van der Waals surface area contributed by atoms with E-state index in [0.29, 0.717) is 5.56 Å². The minimum Gasteiger partial charge on any atom is -0.502 e. The molecule has 1 aromatic carbocycles. The minimum atomic E-state index is -2.39. The van der Waals surface area contributed by atoms with E-state index >= 15 is 0 Å². The highest BCUT2D eigenvalue weighted by atomic mass is 16.8. The number of phenolic OH excluding ortho intramolecular Hbond substituents is 1. The number of aliphatic hydroxyl groups is 7. The van der Waals surface area contributed by atoms with Crippen LogP contribution >= 0.6 is 0 Å². The van der Waals surface area contributed by atoms with Gasteiger partial charge in [0.25, 0.3) is 0 Å². The second-order valence-corrected chi connectivity index (χ2v) is 8.58. The molecule has 2 heterocycles. The van der Waals surface area contributed by atoms with E-state index in [1.54, 1.807) is 0 Å². The lowest BCUT2D eigenvalue weighted by Crippen LogP contribution is -2.63. The van der Waals surface area contributed by atoms with E-state index in [-0.39, 0.29) is 17.2 Å². The highest BCUT2D eigenvalue weighted by molar-refractivity contribution is 5.87. The number of methoxy groups -OCH3 is 2. The average molecular weight is 548 g/mol. The summed E-state index contributed by atoms with van der Waals surface area (Å²) in [4.78, 5) is 12.7. The summed E-state index contributed by atoms with van der Waals surface area (Å²) in [7, 11) is 2.64. The molecule has 15 nitrogen and oxygen atoms in total. The Labute approximate surface area is 216 Å². The maximum absolute atomic E-state index is 12.7. The van der Waals surface area contributed by atoms with Crippen molar-refractivity contribution in [2.75, 3.05) is 34.0 Å². The summed E-state index contributed by atoms with van der Waals surface area (Å²) in [6.07, 6.45) is -11.3. The van der Waals surface area contributed by atoms with E-state index in [1.165, 1.54) is 32.4 Å². The highest BCUT2D eigenvalue weighted by Crippen LogP contribution is 2.39. The van der Waals surface area contributed by atoms with E-state index in [1.807, 2.05) is 0 Å². The Morgan fingerprint density at radius 2 is 1.55 bits per heavy atom. The molecule has 3 rings (SSSR count). The number of ether oxygens (including phenoxy) is 6. The molecule has 9 atom stereocenters. The van der Waals surface area contributed by atoms with Gasteiger partial charge in [0, 0.05) is 6.08 Å². The molecule has 2 aliphatic rings. The molecule has 15 heteroatoms. The number of benzene rings is 1. The molecular weight excluding hydrogens is 516 g/mol. The number of aliphatic hydroxyl groups excluding tert-OH is 7. The molecule has 2 aliphatic heterocycles. The maximum Gasteiger partial charge on any atom is 0.331 e. The molecular formula is C23H32O15. The van der Waals surface area contributed by atoms with Crippen LogP contribution in [0, 0.1) is 0 Å². The topological polar surface area (TPSA) is 234 Å². The van der Waals surface area contributed by atoms with Gasteiger partial charge in [-0.2, -0.15) is 0 Å². The predicted octanol–water partition coefficient (Wildman–Crippen LogP) is -3.41. The van der Waals surface area contributed by atoms with Gasteiger partial charge in [-0.25, -0.2) is 4.79 Å². The van der Waals surface area contributed by atoms with E-state index in [2.05, 4.69) is 0 Å². The van der Waals surface area contributed by atoms with Crippen LogP contribution < -0.4 is 9.47 Å². The van der Waals surface area contributed by atoms with Crippen LogP contribution in [0.5, 0.6) is 17.2 Å². The Kier molecular flexibility index (Phi) is 9.88. The second kappa shape index (κ2) is 12.5. The van der Waals surface area contributed by atoms with Gasteiger partial charge in [0.15, 0.2) is 23.9 Å². The van der Waals surface area contributed by atoms with Gasteiger partial charge in [-0.05, 0) is 23.8 Å². The van der Waals surface area contributed by atoms with Gasteiger partial charge in [0.1, 0.15) is 43.2 Å². The Morgan fingerprint density at radius 1 is 0.947 bits per heavy atom. The second-order valence-electron chi connectivity index (χ2n) is 8.58. The molecule has 0 spiro atoms. The minimum absolute atomic E-state index is 0.0648. The third-order valence-corrected chi connectivity index (χ3v) is 6.20.